The molecule has 0 bridgehead atoms. The van der Waals surface area contributed by atoms with Crippen molar-refractivity contribution in [1.82, 2.24) is 9.13 Å². The fourth-order valence-electron chi connectivity index (χ4n) is 11.6. The zero-order chi connectivity index (χ0) is 46.2. The molecule has 328 valence electrons. The van der Waals surface area contributed by atoms with Crippen molar-refractivity contribution in [2.75, 3.05) is 0 Å². The normalized spacial score (nSPS) is 12.0. The summed E-state index contributed by atoms with van der Waals surface area (Å²) >= 11 is 0. The lowest BCUT2D eigenvalue weighted by molar-refractivity contribution is 0.669. The highest BCUT2D eigenvalue weighted by Crippen LogP contribution is 2.41. The van der Waals surface area contributed by atoms with Gasteiger partial charge in [0, 0.05) is 43.7 Å². The number of fused-ring (bicyclic) bond motifs is 9. The van der Waals surface area contributed by atoms with Crippen LogP contribution in [-0.2, 0) is 0 Å². The van der Waals surface area contributed by atoms with E-state index in [4.69, 9.17) is 4.42 Å². The SMILES string of the molecule is c1ccc(-c2cccc(-n3c4ccccc4c4cc(-n5c6ccc(-c7cccc8oc9ccccc9c78)cc6c6cc([Si](c7ccccc7)(c7ccccc7)c7ccccc7)ccc65)ccc43)c2)cc1. The van der Waals surface area contributed by atoms with Gasteiger partial charge in [-0.15, -0.1) is 0 Å². The summed E-state index contributed by atoms with van der Waals surface area (Å²) in [4.78, 5) is 0. The molecule has 0 saturated heterocycles. The molecular formula is C66H44N2OSi. The summed E-state index contributed by atoms with van der Waals surface area (Å²) in [6.07, 6.45) is 0. The minimum atomic E-state index is -2.86. The molecule has 0 fully saturated rings. The number of para-hydroxylation sites is 2. The van der Waals surface area contributed by atoms with Crippen molar-refractivity contribution in [3.63, 3.8) is 0 Å². The summed E-state index contributed by atoms with van der Waals surface area (Å²) < 4.78 is 11.3. The van der Waals surface area contributed by atoms with Crippen molar-refractivity contribution in [3.8, 4) is 33.6 Å². The predicted octanol–water partition coefficient (Wildman–Crippen LogP) is 14.5. The number of hydrogen-bond donors (Lipinski definition) is 0. The number of hydrogen-bond acceptors (Lipinski definition) is 1. The van der Waals surface area contributed by atoms with Gasteiger partial charge in [0.05, 0.1) is 22.1 Å². The molecule has 0 spiro atoms. The van der Waals surface area contributed by atoms with Gasteiger partial charge in [0.25, 0.3) is 0 Å². The van der Waals surface area contributed by atoms with E-state index in [1.165, 1.54) is 70.0 Å². The van der Waals surface area contributed by atoms with Crippen molar-refractivity contribution in [3.05, 3.63) is 267 Å². The molecule has 4 heteroatoms. The molecule has 14 rings (SSSR count). The Bertz CT molecular complexity index is 4190. The van der Waals surface area contributed by atoms with E-state index in [-0.39, 0.29) is 0 Å². The van der Waals surface area contributed by atoms with Gasteiger partial charge in [0.1, 0.15) is 11.2 Å². The average Bonchev–Trinajstić information content (AvgIpc) is 4.10. The van der Waals surface area contributed by atoms with E-state index in [0.29, 0.717) is 0 Å². The molecule has 3 aromatic heterocycles. The van der Waals surface area contributed by atoms with Crippen LogP contribution < -0.4 is 20.7 Å². The van der Waals surface area contributed by atoms with Crippen molar-refractivity contribution < 1.29 is 4.42 Å². The minimum absolute atomic E-state index is 0.895. The van der Waals surface area contributed by atoms with E-state index < -0.39 is 8.07 Å². The molecule has 11 aromatic carbocycles. The maximum absolute atomic E-state index is 6.43. The molecule has 0 aliphatic rings. The highest BCUT2D eigenvalue weighted by molar-refractivity contribution is 7.20. The summed E-state index contributed by atoms with van der Waals surface area (Å²) in [6.45, 7) is 0. The van der Waals surface area contributed by atoms with E-state index in [9.17, 15) is 0 Å². The maximum atomic E-state index is 6.43. The van der Waals surface area contributed by atoms with Crippen molar-refractivity contribution >= 4 is 94.4 Å². The van der Waals surface area contributed by atoms with Crippen LogP contribution in [0, 0.1) is 0 Å². The Kier molecular flexibility index (Phi) is 9.23. The second kappa shape index (κ2) is 16.1. The van der Waals surface area contributed by atoms with Gasteiger partial charge in [0.15, 0.2) is 8.07 Å². The van der Waals surface area contributed by atoms with Crippen LogP contribution in [0.2, 0.25) is 0 Å². The summed E-state index contributed by atoms with van der Waals surface area (Å²) in [7, 11) is -2.86. The van der Waals surface area contributed by atoms with Crippen molar-refractivity contribution in [2.45, 2.75) is 0 Å². The lowest BCUT2D eigenvalue weighted by atomic mass is 9.98. The second-order valence-corrected chi connectivity index (χ2v) is 22.2. The molecule has 0 unspecified atom stereocenters. The van der Waals surface area contributed by atoms with Gasteiger partial charge in [-0.25, -0.2) is 0 Å². The van der Waals surface area contributed by atoms with E-state index in [2.05, 4.69) is 270 Å². The fraction of sp³-hybridized carbons (Fsp3) is 0. The van der Waals surface area contributed by atoms with E-state index >= 15 is 0 Å². The quantitative estimate of drug-likeness (QED) is 0.110. The monoisotopic (exact) mass is 908 g/mol. The molecular weight excluding hydrogens is 865 g/mol. The number of benzene rings is 11. The number of aromatic nitrogens is 2. The van der Waals surface area contributed by atoms with Crippen LogP contribution in [-0.4, -0.2) is 17.2 Å². The molecule has 70 heavy (non-hydrogen) atoms. The van der Waals surface area contributed by atoms with Crippen LogP contribution in [0.4, 0.5) is 0 Å². The molecule has 14 aromatic rings. The summed E-state index contributed by atoms with van der Waals surface area (Å²) in [6, 6.07) is 98.4. The third kappa shape index (κ3) is 6.13. The Morgan fingerprint density at radius 2 is 0.771 bits per heavy atom. The van der Waals surface area contributed by atoms with Gasteiger partial charge in [-0.3, -0.25) is 0 Å². The molecule has 0 radical (unpaired) electrons. The molecule has 0 amide bonds. The molecule has 0 N–H and O–H groups in total. The van der Waals surface area contributed by atoms with Crippen LogP contribution in [0.25, 0.3) is 99.2 Å². The lowest BCUT2D eigenvalue weighted by Gasteiger charge is -2.34. The van der Waals surface area contributed by atoms with Gasteiger partial charge in [-0.05, 0) is 110 Å². The first-order chi connectivity index (χ1) is 34.7. The molecule has 3 nitrogen and oxygen atoms in total. The third-order valence-electron chi connectivity index (χ3n) is 14.7. The molecule has 3 heterocycles. The average molecular weight is 909 g/mol. The molecule has 0 atom stereocenters. The Balaban J connectivity index is 1.04. The Hall–Kier alpha value is -8.96. The minimum Gasteiger partial charge on any atom is -0.456 e. The van der Waals surface area contributed by atoms with Gasteiger partial charge >= 0.3 is 0 Å². The highest BCUT2D eigenvalue weighted by Gasteiger charge is 2.41. The van der Waals surface area contributed by atoms with Gasteiger partial charge in [-0.2, -0.15) is 0 Å². The summed E-state index contributed by atoms with van der Waals surface area (Å²) in [5.41, 5.74) is 13.4. The maximum Gasteiger partial charge on any atom is 0.179 e. The Morgan fingerprint density at radius 3 is 1.47 bits per heavy atom. The molecule has 0 saturated carbocycles. The fourth-order valence-corrected chi connectivity index (χ4v) is 16.4. The number of rotatable bonds is 8. The van der Waals surface area contributed by atoms with Crippen LogP contribution in [0.5, 0.6) is 0 Å². The third-order valence-corrected chi connectivity index (χ3v) is 19.4. The first kappa shape index (κ1) is 40.1. The molecule has 0 aliphatic carbocycles. The number of nitrogens with zero attached hydrogens (tertiary/aromatic N) is 2. The summed E-state index contributed by atoms with van der Waals surface area (Å²) in [5, 5.41) is 12.5. The first-order valence-electron chi connectivity index (χ1n) is 24.1. The Morgan fingerprint density at radius 1 is 0.271 bits per heavy atom. The van der Waals surface area contributed by atoms with E-state index in [1.807, 2.05) is 6.07 Å². The van der Waals surface area contributed by atoms with Gasteiger partial charge in [-0.1, -0.05) is 200 Å². The number of furan rings is 1. The van der Waals surface area contributed by atoms with Crippen LogP contribution in [0.1, 0.15) is 0 Å². The molecule has 0 aliphatic heterocycles. The first-order valence-corrected chi connectivity index (χ1v) is 26.1. The topological polar surface area (TPSA) is 23.0 Å². The van der Waals surface area contributed by atoms with Crippen LogP contribution in [0.3, 0.4) is 0 Å². The second-order valence-electron chi connectivity index (χ2n) is 18.4. The summed E-state index contributed by atoms with van der Waals surface area (Å²) in [5.74, 6) is 0. The zero-order valence-electron chi connectivity index (χ0n) is 38.2. The smallest absolute Gasteiger partial charge is 0.179 e. The zero-order valence-corrected chi connectivity index (χ0v) is 39.2. The van der Waals surface area contributed by atoms with E-state index in [0.717, 1.165) is 50.0 Å². The van der Waals surface area contributed by atoms with Crippen molar-refractivity contribution in [1.29, 1.82) is 0 Å². The standard InChI is InChI=1S/C66H44N2OSi/c1-5-19-45(20-6-1)46-21-17-22-48(41-46)67-60-32-15-13-29-55(60)58-43-49(36-39-62(58)67)68-61-38-35-47(54-31-18-34-65-66(54)56-30-14-16-33-64(56)69-65)42-57(61)59-44-53(37-40-63(59)68)70(50-23-7-2-8-24-50,51-25-9-3-10-26-51)52-27-11-4-12-28-52/h1-44H. The van der Waals surface area contributed by atoms with Crippen LogP contribution >= 0.6 is 0 Å². The highest BCUT2D eigenvalue weighted by atomic mass is 28.3. The predicted molar refractivity (Wildman–Crippen MR) is 297 cm³/mol. The van der Waals surface area contributed by atoms with E-state index in [1.54, 1.807) is 0 Å². The largest absolute Gasteiger partial charge is 0.456 e. The van der Waals surface area contributed by atoms with Crippen molar-refractivity contribution in [2.24, 2.45) is 0 Å². The Labute approximate surface area is 406 Å². The van der Waals surface area contributed by atoms with Crippen LogP contribution in [0.15, 0.2) is 271 Å². The van der Waals surface area contributed by atoms with Gasteiger partial charge < -0.3 is 13.6 Å². The lowest BCUT2D eigenvalue weighted by Crippen LogP contribution is -2.74. The van der Waals surface area contributed by atoms with Gasteiger partial charge in [0.2, 0.25) is 0 Å².